The van der Waals surface area contributed by atoms with Gasteiger partial charge in [-0.05, 0) is 11.1 Å². The van der Waals surface area contributed by atoms with Crippen molar-refractivity contribution in [3.05, 3.63) is 20.9 Å². The van der Waals surface area contributed by atoms with Crippen molar-refractivity contribution >= 4 is 0 Å². The largest absolute Gasteiger partial charge is 0.394 e. The summed E-state index contributed by atoms with van der Waals surface area (Å²) in [7, 11) is 0. The number of aliphatic hydroxyl groups excluding tert-OH is 4. The summed E-state index contributed by atoms with van der Waals surface area (Å²) in [5.74, 6) is 0. The van der Waals surface area contributed by atoms with E-state index in [1.165, 1.54) is 0 Å². The van der Waals surface area contributed by atoms with E-state index in [-0.39, 0.29) is 13.1 Å². The van der Waals surface area contributed by atoms with Crippen LogP contribution in [0.2, 0.25) is 0 Å². The summed E-state index contributed by atoms with van der Waals surface area (Å²) in [4.78, 5) is 5.06. The Morgan fingerprint density at radius 3 is 2.10 bits per heavy atom. The first-order valence-corrected chi connectivity index (χ1v) is 6.02. The van der Waals surface area contributed by atoms with E-state index in [1.807, 2.05) is 0 Å². The molecule has 0 aliphatic carbocycles. The summed E-state index contributed by atoms with van der Waals surface area (Å²) in [5.41, 5.74) is 16.5. The van der Waals surface area contributed by atoms with E-state index in [0.717, 1.165) is 0 Å². The number of hydrogen-bond donors (Lipinski definition) is 4. The Bertz CT molecular complexity index is 403. The van der Waals surface area contributed by atoms with Crippen molar-refractivity contribution in [3.8, 4) is 0 Å². The highest BCUT2D eigenvalue weighted by Crippen LogP contribution is 2.23. The van der Waals surface area contributed by atoms with Crippen LogP contribution in [0.15, 0.2) is 10.2 Å². The maximum Gasteiger partial charge on any atom is 0.186 e. The van der Waals surface area contributed by atoms with E-state index in [1.54, 1.807) is 0 Å². The molecule has 1 aliphatic heterocycles. The van der Waals surface area contributed by atoms with E-state index >= 15 is 0 Å². The van der Waals surface area contributed by atoms with Crippen LogP contribution in [0, 0.1) is 0 Å². The summed E-state index contributed by atoms with van der Waals surface area (Å²) in [5, 5.41) is 44.5. The fraction of sp³-hybridized carbons (Fsp3) is 1.00. The van der Waals surface area contributed by atoms with Crippen molar-refractivity contribution in [2.75, 3.05) is 19.7 Å². The Balaban J connectivity index is 2.75. The second kappa shape index (κ2) is 8.62. The van der Waals surface area contributed by atoms with Crippen LogP contribution in [0.25, 0.3) is 20.9 Å². The van der Waals surface area contributed by atoms with Crippen LogP contribution in [0.1, 0.15) is 0 Å². The molecule has 0 aromatic rings. The van der Waals surface area contributed by atoms with Gasteiger partial charge >= 0.3 is 0 Å². The Labute approximate surface area is 118 Å². The lowest BCUT2D eigenvalue weighted by Gasteiger charge is -2.40. The summed E-state index contributed by atoms with van der Waals surface area (Å²) >= 11 is 0. The number of rotatable bonds is 7. The molecule has 0 saturated carbocycles. The van der Waals surface area contributed by atoms with Crippen molar-refractivity contribution < 1.29 is 29.9 Å². The molecule has 5 atom stereocenters. The van der Waals surface area contributed by atoms with Gasteiger partial charge in [0.05, 0.1) is 25.8 Å². The summed E-state index contributed by atoms with van der Waals surface area (Å²) < 4.78 is 10.4. The number of ether oxygens (including phenoxy) is 2. The summed E-state index contributed by atoms with van der Waals surface area (Å²) in [6.45, 7) is -0.975. The lowest BCUT2D eigenvalue weighted by atomic mass is 9.99. The zero-order chi connectivity index (χ0) is 15.8. The third-order valence-electron chi connectivity index (χ3n) is 2.87. The molecule has 4 N–H and O–H groups in total. The first-order chi connectivity index (χ1) is 10.0. The van der Waals surface area contributed by atoms with Crippen molar-refractivity contribution in [3.63, 3.8) is 0 Å². The van der Waals surface area contributed by atoms with E-state index < -0.39 is 43.4 Å². The van der Waals surface area contributed by atoms with Crippen molar-refractivity contribution in [2.24, 2.45) is 10.2 Å². The first kappa shape index (κ1) is 17.4. The van der Waals surface area contributed by atoms with E-state index in [9.17, 15) is 15.3 Å². The van der Waals surface area contributed by atoms with Gasteiger partial charge in [-0.15, -0.1) is 0 Å². The smallest absolute Gasteiger partial charge is 0.186 e. The van der Waals surface area contributed by atoms with Crippen LogP contribution >= 0.6 is 0 Å². The quantitative estimate of drug-likeness (QED) is 0.258. The Morgan fingerprint density at radius 2 is 1.62 bits per heavy atom. The molecule has 12 nitrogen and oxygen atoms in total. The Morgan fingerprint density at radius 1 is 1.05 bits per heavy atom. The molecular formula is C9H16N6O6. The van der Waals surface area contributed by atoms with Gasteiger partial charge in [-0.1, -0.05) is 10.2 Å². The van der Waals surface area contributed by atoms with Gasteiger partial charge < -0.3 is 29.9 Å². The van der Waals surface area contributed by atoms with Crippen molar-refractivity contribution in [2.45, 2.75) is 36.8 Å². The number of aliphatic hydroxyl groups is 4. The second-order valence-electron chi connectivity index (χ2n) is 4.28. The van der Waals surface area contributed by atoms with Gasteiger partial charge in [-0.3, -0.25) is 0 Å². The maximum atomic E-state index is 9.77. The molecule has 0 aromatic heterocycles. The predicted molar refractivity (Wildman–Crippen MR) is 66.7 cm³/mol. The van der Waals surface area contributed by atoms with Crippen LogP contribution in [-0.4, -0.2) is 76.9 Å². The number of hydrogen-bond acceptors (Lipinski definition) is 8. The van der Waals surface area contributed by atoms with E-state index in [4.69, 9.17) is 25.6 Å². The predicted octanol–water partition coefficient (Wildman–Crippen LogP) is -1.21. The minimum Gasteiger partial charge on any atom is -0.394 e. The fourth-order valence-electron chi connectivity index (χ4n) is 1.77. The number of nitrogens with zero attached hydrogens (tertiary/aromatic N) is 6. The molecule has 0 amide bonds. The zero-order valence-corrected chi connectivity index (χ0v) is 10.9. The topological polar surface area (TPSA) is 197 Å². The molecule has 1 heterocycles. The SMILES string of the molecule is [N-]=[N+]=NCC(CN=[N+]=[N-])O[C@H]1O[C@H](CO)[C@@H](O)[C@@H](O)[C@@H]1O. The van der Waals surface area contributed by atoms with Crippen LogP contribution in [0.4, 0.5) is 0 Å². The molecule has 0 aromatic carbocycles. The van der Waals surface area contributed by atoms with Gasteiger partial charge in [0, 0.05) is 9.82 Å². The third kappa shape index (κ3) is 4.70. The third-order valence-corrected chi connectivity index (χ3v) is 2.87. The number of azide groups is 2. The summed E-state index contributed by atoms with van der Waals surface area (Å²) in [6, 6.07) is 0. The average molecular weight is 304 g/mol. The lowest BCUT2D eigenvalue weighted by Crippen LogP contribution is -2.59. The molecule has 21 heavy (non-hydrogen) atoms. The van der Waals surface area contributed by atoms with E-state index in [0.29, 0.717) is 0 Å². The van der Waals surface area contributed by atoms with Crippen LogP contribution < -0.4 is 0 Å². The molecule has 1 aliphatic rings. The molecule has 12 heteroatoms. The highest BCUT2D eigenvalue weighted by atomic mass is 16.7. The van der Waals surface area contributed by atoms with Crippen LogP contribution in [-0.2, 0) is 9.47 Å². The minimum absolute atomic E-state index is 0.190. The van der Waals surface area contributed by atoms with Crippen LogP contribution in [0.5, 0.6) is 0 Å². The molecule has 1 saturated heterocycles. The first-order valence-electron chi connectivity index (χ1n) is 6.02. The molecule has 0 radical (unpaired) electrons. The highest BCUT2D eigenvalue weighted by molar-refractivity contribution is 4.89. The van der Waals surface area contributed by atoms with Gasteiger partial charge in [0.1, 0.15) is 24.4 Å². The molecule has 1 rings (SSSR count). The second-order valence-corrected chi connectivity index (χ2v) is 4.28. The average Bonchev–Trinajstić information content (AvgIpc) is 2.50. The van der Waals surface area contributed by atoms with Gasteiger partial charge in [0.2, 0.25) is 0 Å². The summed E-state index contributed by atoms with van der Waals surface area (Å²) in [6.07, 6.45) is -8.06. The normalized spacial score (nSPS) is 33.6. The molecule has 118 valence electrons. The maximum absolute atomic E-state index is 9.77. The fourth-order valence-corrected chi connectivity index (χ4v) is 1.77. The minimum atomic E-state index is -1.58. The monoisotopic (exact) mass is 304 g/mol. The van der Waals surface area contributed by atoms with Gasteiger partial charge in [0.25, 0.3) is 0 Å². The molecule has 0 bridgehead atoms. The van der Waals surface area contributed by atoms with E-state index in [2.05, 4.69) is 20.1 Å². The molecule has 1 fully saturated rings. The van der Waals surface area contributed by atoms with Gasteiger partial charge in [-0.25, -0.2) is 0 Å². The molecule has 0 unspecified atom stereocenters. The van der Waals surface area contributed by atoms with Crippen molar-refractivity contribution in [1.82, 2.24) is 0 Å². The highest BCUT2D eigenvalue weighted by Gasteiger charge is 2.44. The molecular weight excluding hydrogens is 288 g/mol. The zero-order valence-electron chi connectivity index (χ0n) is 10.9. The van der Waals surface area contributed by atoms with Crippen LogP contribution in [0.3, 0.4) is 0 Å². The standard InChI is InChI=1S/C9H16N6O6/c10-14-12-1-4(2-13-15-11)20-9-8(19)7(18)6(17)5(3-16)21-9/h4-9,16-19H,1-3H2/t5-,6-,7-,8+,9+/m1/s1. The lowest BCUT2D eigenvalue weighted by molar-refractivity contribution is -0.309. The Hall–Kier alpha value is -1.62. The van der Waals surface area contributed by atoms with Gasteiger partial charge in [0.15, 0.2) is 6.29 Å². The molecule has 0 spiro atoms. The van der Waals surface area contributed by atoms with Gasteiger partial charge in [-0.2, -0.15) is 0 Å². The van der Waals surface area contributed by atoms with Crippen molar-refractivity contribution in [1.29, 1.82) is 0 Å². The Kier molecular flexibility index (Phi) is 7.15.